The van der Waals surface area contributed by atoms with Crippen LogP contribution in [0, 0.1) is 34.5 Å². The van der Waals surface area contributed by atoms with Gasteiger partial charge in [0, 0.05) is 0 Å². The molecule has 0 radical (unpaired) electrons. The average Bonchev–Trinajstić information content (AvgIpc) is 2.99. The largest absolute Gasteiger partial charge is 0.393 e. The molecule has 4 aliphatic rings. The summed E-state index contributed by atoms with van der Waals surface area (Å²) in [5.41, 5.74) is 2.58. The third-order valence-electron chi connectivity index (χ3n) is 10.0. The lowest BCUT2D eigenvalue weighted by molar-refractivity contribution is -0.0832. The molecule has 6 unspecified atom stereocenters. The first kappa shape index (κ1) is 21.0. The van der Waals surface area contributed by atoms with Gasteiger partial charge in [-0.15, -0.1) is 0 Å². The molecule has 7 atom stereocenters. The van der Waals surface area contributed by atoms with E-state index >= 15 is 0 Å². The summed E-state index contributed by atoms with van der Waals surface area (Å²) in [7, 11) is 0. The fraction of sp³-hybridized carbons (Fsp3) is 0.926. The van der Waals surface area contributed by atoms with Gasteiger partial charge in [-0.2, -0.15) is 0 Å². The van der Waals surface area contributed by atoms with Crippen LogP contribution in [0.1, 0.15) is 117 Å². The summed E-state index contributed by atoms with van der Waals surface area (Å²) < 4.78 is 0. The maximum atomic E-state index is 10.8. The highest BCUT2D eigenvalue weighted by Crippen LogP contribution is 2.66. The van der Waals surface area contributed by atoms with Crippen LogP contribution in [0.15, 0.2) is 11.6 Å². The maximum Gasteiger partial charge on any atom is 0.0596 e. The Hall–Kier alpha value is -0.300. The molecule has 3 fully saturated rings. The Bertz CT molecular complexity index is 565. The summed E-state index contributed by atoms with van der Waals surface area (Å²) in [5, 5.41) is 10.8. The fourth-order valence-corrected chi connectivity index (χ4v) is 8.42. The van der Waals surface area contributed by atoms with Crippen molar-refractivity contribution in [2.24, 2.45) is 34.5 Å². The highest BCUT2D eigenvalue weighted by Gasteiger charge is 2.59. The van der Waals surface area contributed by atoms with Crippen LogP contribution < -0.4 is 0 Å². The van der Waals surface area contributed by atoms with Crippen LogP contribution in [-0.2, 0) is 0 Å². The molecule has 0 saturated heterocycles. The van der Waals surface area contributed by atoms with Crippen molar-refractivity contribution in [3.8, 4) is 0 Å². The van der Waals surface area contributed by atoms with Crippen LogP contribution >= 0.6 is 0 Å². The molecular formula is C27H46O. The molecule has 3 saturated carbocycles. The Morgan fingerprint density at radius 1 is 0.964 bits per heavy atom. The lowest BCUT2D eigenvalue weighted by Gasteiger charge is -2.60. The van der Waals surface area contributed by atoms with Crippen molar-refractivity contribution in [1.82, 2.24) is 0 Å². The molecule has 0 aromatic heterocycles. The van der Waals surface area contributed by atoms with Crippen LogP contribution in [0.25, 0.3) is 0 Å². The topological polar surface area (TPSA) is 20.2 Å². The van der Waals surface area contributed by atoms with E-state index in [0.29, 0.717) is 5.41 Å². The summed E-state index contributed by atoms with van der Waals surface area (Å²) >= 11 is 0. The molecule has 1 N–H and O–H groups in total. The van der Waals surface area contributed by atoms with Gasteiger partial charge in [0.15, 0.2) is 0 Å². The first-order chi connectivity index (χ1) is 13.5. The summed E-state index contributed by atoms with van der Waals surface area (Å²) in [6, 6.07) is 0. The van der Waals surface area contributed by atoms with Crippen molar-refractivity contribution in [3.63, 3.8) is 0 Å². The molecule has 4 aliphatic carbocycles. The molecule has 1 nitrogen and oxygen atoms in total. The highest BCUT2D eigenvalue weighted by atomic mass is 16.3. The smallest absolute Gasteiger partial charge is 0.0596 e. The third kappa shape index (κ3) is 3.52. The van der Waals surface area contributed by atoms with Gasteiger partial charge in [-0.05, 0) is 92.3 Å². The molecule has 0 spiro atoms. The molecule has 28 heavy (non-hydrogen) atoms. The monoisotopic (exact) mass is 386 g/mol. The molecule has 0 bridgehead atoms. The second kappa shape index (κ2) is 8.44. The van der Waals surface area contributed by atoms with Crippen LogP contribution in [-0.4, -0.2) is 11.2 Å². The van der Waals surface area contributed by atoms with Gasteiger partial charge in [-0.25, -0.2) is 0 Å². The standard InChI is InChI=1S/C27H46O/c1-4-5-6-7-8-9-12-20-19-21-23-14-15-25(28)27(23,3)18-16-24(21)26(2)17-11-10-13-22(20)26/h13,20-21,23-25,28H,4-12,14-19H2,1-3H3/t20-,21?,23?,24?,25?,26?,27?/m0/s1. The van der Waals surface area contributed by atoms with Crippen LogP contribution in [0.5, 0.6) is 0 Å². The third-order valence-corrected chi connectivity index (χ3v) is 10.0. The number of fused-ring (bicyclic) bond motifs is 5. The number of hydrogen-bond acceptors (Lipinski definition) is 1. The lowest BCUT2D eigenvalue weighted by atomic mass is 9.45. The van der Waals surface area contributed by atoms with Crippen LogP contribution in [0.4, 0.5) is 0 Å². The van der Waals surface area contributed by atoms with E-state index in [-0.39, 0.29) is 11.5 Å². The SMILES string of the molecule is CCCCCCCC[C@H]1CC2C(CCC3(C)C(O)CCC23)C2(C)CCCC=C12. The summed E-state index contributed by atoms with van der Waals surface area (Å²) in [6.45, 7) is 7.40. The number of rotatable bonds is 7. The number of hydrogen-bond donors (Lipinski definition) is 1. The van der Waals surface area contributed by atoms with Crippen molar-refractivity contribution in [3.05, 3.63) is 11.6 Å². The van der Waals surface area contributed by atoms with Gasteiger partial charge in [-0.1, -0.05) is 70.9 Å². The van der Waals surface area contributed by atoms with E-state index in [0.717, 1.165) is 30.1 Å². The molecule has 0 aromatic carbocycles. The van der Waals surface area contributed by atoms with E-state index in [1.807, 2.05) is 5.57 Å². The predicted octanol–water partition coefficient (Wildman–Crippen LogP) is 7.68. The Balaban J connectivity index is 1.49. The van der Waals surface area contributed by atoms with Crippen molar-refractivity contribution in [2.45, 2.75) is 123 Å². The Morgan fingerprint density at radius 2 is 1.75 bits per heavy atom. The number of aliphatic hydroxyl groups is 1. The lowest BCUT2D eigenvalue weighted by Crippen LogP contribution is -2.52. The average molecular weight is 387 g/mol. The molecular weight excluding hydrogens is 340 g/mol. The van der Waals surface area contributed by atoms with Crippen LogP contribution in [0.3, 0.4) is 0 Å². The minimum Gasteiger partial charge on any atom is -0.393 e. The van der Waals surface area contributed by atoms with Gasteiger partial charge < -0.3 is 5.11 Å². The first-order valence-corrected chi connectivity index (χ1v) is 12.9. The molecule has 0 amide bonds. The summed E-state index contributed by atoms with van der Waals surface area (Å²) in [6.07, 6.45) is 23.2. The minimum absolute atomic E-state index is 0.0356. The van der Waals surface area contributed by atoms with E-state index in [1.165, 1.54) is 89.9 Å². The normalized spacial score (nSPS) is 45.1. The molecule has 0 aliphatic heterocycles. The Labute approximate surface area is 174 Å². The van der Waals surface area contributed by atoms with Crippen molar-refractivity contribution in [2.75, 3.05) is 0 Å². The minimum atomic E-state index is -0.0356. The second-order valence-electron chi connectivity index (χ2n) is 11.5. The summed E-state index contributed by atoms with van der Waals surface area (Å²) in [4.78, 5) is 0. The van der Waals surface area contributed by atoms with Crippen LogP contribution in [0.2, 0.25) is 0 Å². The van der Waals surface area contributed by atoms with Gasteiger partial charge >= 0.3 is 0 Å². The maximum absolute atomic E-state index is 10.8. The van der Waals surface area contributed by atoms with E-state index in [2.05, 4.69) is 26.8 Å². The predicted molar refractivity (Wildman–Crippen MR) is 119 cm³/mol. The first-order valence-electron chi connectivity index (χ1n) is 12.9. The molecule has 0 aromatic rings. The number of allylic oxidation sites excluding steroid dienone is 2. The fourth-order valence-electron chi connectivity index (χ4n) is 8.42. The van der Waals surface area contributed by atoms with Gasteiger partial charge in [0.25, 0.3) is 0 Å². The van der Waals surface area contributed by atoms with Gasteiger partial charge in [-0.3, -0.25) is 0 Å². The van der Waals surface area contributed by atoms with E-state index in [4.69, 9.17) is 0 Å². The summed E-state index contributed by atoms with van der Waals surface area (Å²) in [5.74, 6) is 3.40. The highest BCUT2D eigenvalue weighted by molar-refractivity contribution is 5.26. The zero-order valence-corrected chi connectivity index (χ0v) is 19.0. The zero-order valence-electron chi connectivity index (χ0n) is 19.0. The van der Waals surface area contributed by atoms with E-state index < -0.39 is 0 Å². The molecule has 0 heterocycles. The van der Waals surface area contributed by atoms with E-state index in [9.17, 15) is 5.11 Å². The Morgan fingerprint density at radius 3 is 2.57 bits per heavy atom. The molecule has 1 heteroatoms. The molecule has 160 valence electrons. The van der Waals surface area contributed by atoms with E-state index in [1.54, 1.807) is 0 Å². The number of aliphatic hydroxyl groups excluding tert-OH is 1. The zero-order chi connectivity index (χ0) is 19.8. The van der Waals surface area contributed by atoms with Gasteiger partial charge in [0.1, 0.15) is 0 Å². The van der Waals surface area contributed by atoms with Gasteiger partial charge in [0.2, 0.25) is 0 Å². The second-order valence-corrected chi connectivity index (χ2v) is 11.5. The molecule has 4 rings (SSSR count). The van der Waals surface area contributed by atoms with Gasteiger partial charge in [0.05, 0.1) is 6.10 Å². The van der Waals surface area contributed by atoms with Crippen molar-refractivity contribution >= 4 is 0 Å². The number of unbranched alkanes of at least 4 members (excludes halogenated alkanes) is 5. The Kier molecular flexibility index (Phi) is 6.32. The van der Waals surface area contributed by atoms with Crippen molar-refractivity contribution < 1.29 is 5.11 Å². The quantitative estimate of drug-likeness (QED) is 0.351. The van der Waals surface area contributed by atoms with Crippen molar-refractivity contribution in [1.29, 1.82) is 0 Å².